The molecule has 0 saturated heterocycles. The number of carbonyl (C=O) groups is 1. The van der Waals surface area contributed by atoms with Crippen molar-refractivity contribution in [2.45, 2.75) is 25.9 Å². The van der Waals surface area contributed by atoms with E-state index in [1.165, 1.54) is 12.8 Å². The van der Waals surface area contributed by atoms with E-state index in [4.69, 9.17) is 4.74 Å². The Kier molecular flexibility index (Phi) is 4.78. The molecule has 0 atom stereocenters. The molecule has 1 aromatic carbocycles. The number of benzene rings is 1. The van der Waals surface area contributed by atoms with E-state index in [0.717, 1.165) is 10.2 Å². The average Bonchev–Trinajstić information content (AvgIpc) is 3.52. The Labute approximate surface area is 155 Å². The molecule has 0 bridgehead atoms. The van der Waals surface area contributed by atoms with Crippen LogP contribution in [0.1, 0.15) is 18.4 Å². The van der Waals surface area contributed by atoms with Gasteiger partial charge in [-0.3, -0.25) is 9.59 Å². The molecular weight excluding hydrogens is 346 g/mol. The van der Waals surface area contributed by atoms with E-state index in [9.17, 15) is 9.59 Å². The van der Waals surface area contributed by atoms with E-state index in [2.05, 4.69) is 20.6 Å². The van der Waals surface area contributed by atoms with Crippen molar-refractivity contribution in [3.05, 3.63) is 58.5 Å². The van der Waals surface area contributed by atoms with Crippen LogP contribution in [0.4, 0.5) is 0 Å². The maximum Gasteiger partial charge on any atom is 0.278 e. The molecule has 1 N–H and O–H groups in total. The lowest BCUT2D eigenvalue weighted by atomic mass is 10.2. The fourth-order valence-corrected chi connectivity index (χ4v) is 2.61. The summed E-state index contributed by atoms with van der Waals surface area (Å²) < 4.78 is 6.65. The van der Waals surface area contributed by atoms with Gasteiger partial charge in [0.1, 0.15) is 12.1 Å². The van der Waals surface area contributed by atoms with Crippen molar-refractivity contribution in [1.29, 1.82) is 0 Å². The largest absolute Gasteiger partial charge is 0.477 e. The van der Waals surface area contributed by atoms with Gasteiger partial charge >= 0.3 is 0 Å². The van der Waals surface area contributed by atoms with Gasteiger partial charge in [-0.2, -0.15) is 0 Å². The molecule has 2 heterocycles. The highest BCUT2D eigenvalue weighted by atomic mass is 16.5. The third-order valence-electron chi connectivity index (χ3n) is 4.37. The van der Waals surface area contributed by atoms with Gasteiger partial charge in [-0.05, 0) is 36.5 Å². The smallest absolute Gasteiger partial charge is 0.278 e. The Balaban J connectivity index is 1.33. The summed E-state index contributed by atoms with van der Waals surface area (Å²) in [6.07, 6.45) is 4.13. The average molecular weight is 365 g/mol. The van der Waals surface area contributed by atoms with Crippen LogP contribution in [0.2, 0.25) is 0 Å². The van der Waals surface area contributed by atoms with Crippen LogP contribution in [0.25, 0.3) is 10.9 Å². The summed E-state index contributed by atoms with van der Waals surface area (Å²) in [5.74, 6) is 0.943. The normalized spacial score (nSPS) is 13.5. The Bertz CT molecular complexity index is 1010. The first-order valence-electron chi connectivity index (χ1n) is 8.86. The summed E-state index contributed by atoms with van der Waals surface area (Å²) in [6, 6.07) is 10.6. The van der Waals surface area contributed by atoms with Crippen molar-refractivity contribution in [1.82, 2.24) is 25.3 Å². The summed E-state index contributed by atoms with van der Waals surface area (Å²) in [5.41, 5.74) is 1.02. The summed E-state index contributed by atoms with van der Waals surface area (Å²) >= 11 is 0. The summed E-state index contributed by atoms with van der Waals surface area (Å²) in [7, 11) is 0. The predicted octanol–water partition coefficient (Wildman–Crippen LogP) is 1.29. The Hall–Kier alpha value is -3.29. The van der Waals surface area contributed by atoms with E-state index < -0.39 is 0 Å². The summed E-state index contributed by atoms with van der Waals surface area (Å²) in [4.78, 5) is 28.7. The van der Waals surface area contributed by atoms with Gasteiger partial charge in [0.15, 0.2) is 0 Å². The minimum Gasteiger partial charge on any atom is -0.477 e. The minimum absolute atomic E-state index is 0.188. The number of hydrogen-bond donors (Lipinski definition) is 1. The van der Waals surface area contributed by atoms with Gasteiger partial charge < -0.3 is 10.1 Å². The highest BCUT2D eigenvalue weighted by Crippen LogP contribution is 2.29. The summed E-state index contributed by atoms with van der Waals surface area (Å²) in [6.45, 7) is 0.835. The molecule has 4 rings (SSSR count). The van der Waals surface area contributed by atoms with Crippen molar-refractivity contribution in [3.63, 3.8) is 0 Å². The third-order valence-corrected chi connectivity index (χ3v) is 4.37. The molecule has 2 aromatic heterocycles. The number of carbonyl (C=O) groups excluding carboxylic acids is 1. The maximum absolute atomic E-state index is 12.3. The van der Waals surface area contributed by atoms with Gasteiger partial charge in [0.2, 0.25) is 11.8 Å². The number of aromatic nitrogens is 4. The predicted molar refractivity (Wildman–Crippen MR) is 98.1 cm³/mol. The Morgan fingerprint density at radius 1 is 1.22 bits per heavy atom. The molecule has 1 fully saturated rings. The van der Waals surface area contributed by atoms with Crippen LogP contribution in [0, 0.1) is 5.92 Å². The molecule has 0 unspecified atom stereocenters. The van der Waals surface area contributed by atoms with Crippen LogP contribution in [-0.2, 0) is 17.9 Å². The van der Waals surface area contributed by atoms with E-state index in [0.29, 0.717) is 35.9 Å². The number of rotatable bonds is 7. The molecular formula is C19H19N5O3. The van der Waals surface area contributed by atoms with Crippen LogP contribution in [0.5, 0.6) is 5.88 Å². The molecule has 0 spiro atoms. The second kappa shape index (κ2) is 7.53. The molecule has 138 valence electrons. The van der Waals surface area contributed by atoms with Crippen molar-refractivity contribution < 1.29 is 9.53 Å². The Morgan fingerprint density at radius 3 is 2.85 bits per heavy atom. The number of amides is 1. The first-order chi connectivity index (χ1) is 13.2. The lowest BCUT2D eigenvalue weighted by molar-refractivity contribution is -0.122. The van der Waals surface area contributed by atoms with Crippen LogP contribution in [0.15, 0.2) is 47.4 Å². The first kappa shape index (κ1) is 17.1. The maximum atomic E-state index is 12.3. The minimum atomic E-state index is -0.338. The molecule has 8 heteroatoms. The highest BCUT2D eigenvalue weighted by Gasteiger charge is 2.22. The number of nitrogens with one attached hydrogen (secondary N) is 1. The highest BCUT2D eigenvalue weighted by molar-refractivity contribution is 5.78. The van der Waals surface area contributed by atoms with E-state index in [1.54, 1.807) is 36.5 Å². The summed E-state index contributed by atoms with van der Waals surface area (Å²) in [5, 5.41) is 11.0. The van der Waals surface area contributed by atoms with E-state index >= 15 is 0 Å². The molecule has 1 aliphatic carbocycles. The number of pyridine rings is 1. The number of ether oxygens (including phenoxy) is 1. The zero-order valence-electron chi connectivity index (χ0n) is 14.7. The molecule has 1 saturated carbocycles. The standard InChI is InChI=1S/C19H19N5O3/c25-17(11-24-19(26)15-3-1-2-4-16(15)22-23-24)20-9-14-7-8-18(21-10-14)27-12-13-5-6-13/h1-4,7-8,10,13H,5-6,9,11-12H2,(H,20,25). The second-order valence-corrected chi connectivity index (χ2v) is 6.61. The number of fused-ring (bicyclic) bond motifs is 1. The number of hydrogen-bond acceptors (Lipinski definition) is 6. The van der Waals surface area contributed by atoms with Gasteiger partial charge in [-0.15, -0.1) is 5.10 Å². The van der Waals surface area contributed by atoms with Crippen LogP contribution in [-0.4, -0.2) is 32.5 Å². The molecule has 1 aliphatic rings. The van der Waals surface area contributed by atoms with Crippen LogP contribution >= 0.6 is 0 Å². The van der Waals surface area contributed by atoms with Gasteiger partial charge in [0, 0.05) is 18.8 Å². The lowest BCUT2D eigenvalue weighted by Crippen LogP contribution is -2.34. The first-order valence-corrected chi connectivity index (χ1v) is 8.86. The SMILES string of the molecule is O=C(Cn1nnc2ccccc2c1=O)NCc1ccc(OCC2CC2)nc1. The topological polar surface area (TPSA) is 99.0 Å². The zero-order chi connectivity index (χ0) is 18.6. The van der Waals surface area contributed by atoms with Crippen LogP contribution < -0.4 is 15.6 Å². The quantitative estimate of drug-likeness (QED) is 0.677. The van der Waals surface area contributed by atoms with Crippen molar-refractivity contribution in [2.24, 2.45) is 5.92 Å². The van der Waals surface area contributed by atoms with Crippen LogP contribution in [0.3, 0.4) is 0 Å². The fraction of sp³-hybridized carbons (Fsp3) is 0.316. The third kappa shape index (κ3) is 4.28. The second-order valence-electron chi connectivity index (χ2n) is 6.61. The fourth-order valence-electron chi connectivity index (χ4n) is 2.61. The van der Waals surface area contributed by atoms with E-state index in [1.807, 2.05) is 6.07 Å². The molecule has 3 aromatic rings. The molecule has 8 nitrogen and oxygen atoms in total. The Morgan fingerprint density at radius 2 is 2.07 bits per heavy atom. The molecule has 27 heavy (non-hydrogen) atoms. The van der Waals surface area contributed by atoms with Crippen molar-refractivity contribution in [2.75, 3.05) is 6.61 Å². The van der Waals surface area contributed by atoms with Gasteiger partial charge in [0.25, 0.3) is 5.56 Å². The zero-order valence-corrected chi connectivity index (χ0v) is 14.7. The van der Waals surface area contributed by atoms with Crippen molar-refractivity contribution >= 4 is 16.8 Å². The van der Waals surface area contributed by atoms with Gasteiger partial charge in [-0.1, -0.05) is 23.4 Å². The molecule has 0 aliphatic heterocycles. The molecule has 0 radical (unpaired) electrons. The number of nitrogens with zero attached hydrogens (tertiary/aromatic N) is 4. The van der Waals surface area contributed by atoms with Crippen molar-refractivity contribution in [3.8, 4) is 5.88 Å². The molecule has 1 amide bonds. The van der Waals surface area contributed by atoms with E-state index in [-0.39, 0.29) is 18.0 Å². The monoisotopic (exact) mass is 365 g/mol. The lowest BCUT2D eigenvalue weighted by Gasteiger charge is -2.08. The van der Waals surface area contributed by atoms with Gasteiger partial charge in [0.05, 0.1) is 12.0 Å². The van der Waals surface area contributed by atoms with Gasteiger partial charge in [-0.25, -0.2) is 9.67 Å².